The second kappa shape index (κ2) is 7.49. The van der Waals surface area contributed by atoms with Crippen molar-refractivity contribution in [1.29, 1.82) is 0 Å². The van der Waals surface area contributed by atoms with Crippen molar-refractivity contribution in [2.75, 3.05) is 19.6 Å². The predicted octanol–water partition coefficient (Wildman–Crippen LogP) is 3.58. The van der Waals surface area contributed by atoms with Crippen molar-refractivity contribution < 1.29 is 0 Å². The fourth-order valence-electron chi connectivity index (χ4n) is 4.82. The molecular formula is C20H32N4. The minimum atomic E-state index is 0.613. The summed E-state index contributed by atoms with van der Waals surface area (Å²) in [7, 11) is 0. The summed E-state index contributed by atoms with van der Waals surface area (Å²) in [5, 5.41) is 0. The van der Waals surface area contributed by atoms with Gasteiger partial charge in [0.05, 0.1) is 0 Å². The molecule has 3 aliphatic rings. The third kappa shape index (κ3) is 3.65. The molecular weight excluding hydrogens is 296 g/mol. The van der Waals surface area contributed by atoms with Crippen LogP contribution in [0.1, 0.15) is 75.6 Å². The Morgan fingerprint density at radius 2 is 1.67 bits per heavy atom. The van der Waals surface area contributed by atoms with Gasteiger partial charge in [-0.3, -0.25) is 9.80 Å². The lowest BCUT2D eigenvalue weighted by atomic mass is 9.89. The molecule has 2 saturated heterocycles. The van der Waals surface area contributed by atoms with Crippen molar-refractivity contribution in [3.05, 3.63) is 23.8 Å². The van der Waals surface area contributed by atoms with Crippen LogP contribution in [0.2, 0.25) is 0 Å². The van der Waals surface area contributed by atoms with Gasteiger partial charge in [-0.2, -0.15) is 0 Å². The molecule has 1 saturated carbocycles. The van der Waals surface area contributed by atoms with E-state index in [1.807, 2.05) is 0 Å². The molecule has 0 amide bonds. The Balaban J connectivity index is 1.26. The topological polar surface area (TPSA) is 32.3 Å². The molecule has 1 aliphatic carbocycles. The number of hydrogen-bond acceptors (Lipinski definition) is 4. The summed E-state index contributed by atoms with van der Waals surface area (Å²) < 4.78 is 0. The van der Waals surface area contributed by atoms with E-state index in [0.29, 0.717) is 5.92 Å². The smallest absolute Gasteiger partial charge is 0.131 e. The van der Waals surface area contributed by atoms with Gasteiger partial charge < -0.3 is 0 Å². The third-order valence-corrected chi connectivity index (χ3v) is 6.36. The standard InChI is InChI=1S/C20H32N4/c1-16-7-5-6-10-24(16)19-14-23(15-19)13-17-11-21-20(22-12-17)18-8-3-2-4-9-18/h11-12,16,18-19H,2-10,13-15H2,1H3/t16-/m1/s1. The molecule has 2 aliphatic heterocycles. The SMILES string of the molecule is C[C@@H]1CCCCN1C1CN(Cc2cnc(C3CCCCC3)nc2)C1. The summed E-state index contributed by atoms with van der Waals surface area (Å²) in [6.07, 6.45) is 15.0. The van der Waals surface area contributed by atoms with Crippen molar-refractivity contribution in [2.24, 2.45) is 0 Å². The first kappa shape index (κ1) is 16.5. The first-order valence-electron chi connectivity index (χ1n) is 10.1. The van der Waals surface area contributed by atoms with Crippen molar-refractivity contribution in [1.82, 2.24) is 19.8 Å². The van der Waals surface area contributed by atoms with Crippen LogP contribution in [0.15, 0.2) is 12.4 Å². The van der Waals surface area contributed by atoms with Crippen molar-refractivity contribution in [2.45, 2.75) is 82.8 Å². The Kier molecular flexibility index (Phi) is 5.14. The van der Waals surface area contributed by atoms with Gasteiger partial charge in [0, 0.05) is 55.6 Å². The molecule has 4 heteroatoms. The fraction of sp³-hybridized carbons (Fsp3) is 0.800. The van der Waals surface area contributed by atoms with Gasteiger partial charge in [-0.15, -0.1) is 0 Å². The van der Waals surface area contributed by atoms with Gasteiger partial charge in [-0.05, 0) is 39.2 Å². The molecule has 4 nitrogen and oxygen atoms in total. The van der Waals surface area contributed by atoms with Crippen molar-refractivity contribution in [3.8, 4) is 0 Å². The van der Waals surface area contributed by atoms with Crippen LogP contribution in [-0.4, -0.2) is 51.5 Å². The lowest BCUT2D eigenvalue weighted by Crippen LogP contribution is -2.61. The average molecular weight is 329 g/mol. The molecule has 0 N–H and O–H groups in total. The van der Waals surface area contributed by atoms with E-state index in [4.69, 9.17) is 0 Å². The van der Waals surface area contributed by atoms with Crippen LogP contribution in [0.5, 0.6) is 0 Å². The maximum atomic E-state index is 4.69. The summed E-state index contributed by atoms with van der Waals surface area (Å²) in [4.78, 5) is 14.7. The monoisotopic (exact) mass is 328 g/mol. The summed E-state index contributed by atoms with van der Waals surface area (Å²) in [5.41, 5.74) is 1.28. The zero-order valence-electron chi connectivity index (χ0n) is 15.2. The molecule has 3 fully saturated rings. The van der Waals surface area contributed by atoms with E-state index in [1.165, 1.54) is 76.6 Å². The highest BCUT2D eigenvalue weighted by atomic mass is 15.3. The highest BCUT2D eigenvalue weighted by molar-refractivity contribution is 5.09. The Morgan fingerprint density at radius 3 is 2.38 bits per heavy atom. The molecule has 0 unspecified atom stereocenters. The van der Waals surface area contributed by atoms with Crippen molar-refractivity contribution in [3.63, 3.8) is 0 Å². The highest BCUT2D eigenvalue weighted by Gasteiger charge is 2.34. The summed E-state index contributed by atoms with van der Waals surface area (Å²) in [5.74, 6) is 1.70. The van der Waals surface area contributed by atoms with E-state index in [2.05, 4.69) is 39.1 Å². The van der Waals surface area contributed by atoms with Gasteiger partial charge in [0.15, 0.2) is 0 Å². The number of hydrogen-bond donors (Lipinski definition) is 0. The lowest BCUT2D eigenvalue weighted by Gasteiger charge is -2.49. The molecule has 132 valence electrons. The lowest BCUT2D eigenvalue weighted by molar-refractivity contribution is -0.00629. The van der Waals surface area contributed by atoms with Crippen LogP contribution in [0.4, 0.5) is 0 Å². The van der Waals surface area contributed by atoms with E-state index in [-0.39, 0.29) is 0 Å². The molecule has 3 heterocycles. The molecule has 1 aromatic rings. The predicted molar refractivity (Wildman–Crippen MR) is 96.9 cm³/mol. The highest BCUT2D eigenvalue weighted by Crippen LogP contribution is 2.30. The van der Waals surface area contributed by atoms with Crippen LogP contribution in [0.3, 0.4) is 0 Å². The zero-order valence-corrected chi connectivity index (χ0v) is 15.2. The largest absolute Gasteiger partial charge is 0.296 e. The molecule has 24 heavy (non-hydrogen) atoms. The summed E-state index contributed by atoms with van der Waals surface area (Å²) in [6.45, 7) is 7.16. The van der Waals surface area contributed by atoms with Gasteiger partial charge in [0.25, 0.3) is 0 Å². The Labute approximate surface area is 146 Å². The quantitative estimate of drug-likeness (QED) is 0.845. The third-order valence-electron chi connectivity index (χ3n) is 6.36. The molecule has 0 spiro atoms. The van der Waals surface area contributed by atoms with Crippen LogP contribution in [0.25, 0.3) is 0 Å². The van der Waals surface area contributed by atoms with Crippen LogP contribution < -0.4 is 0 Å². The normalized spacial score (nSPS) is 28.0. The van der Waals surface area contributed by atoms with Crippen molar-refractivity contribution >= 4 is 0 Å². The van der Waals surface area contributed by atoms with Crippen LogP contribution in [-0.2, 0) is 6.54 Å². The Hall–Kier alpha value is -1.00. The molecule has 0 aromatic carbocycles. The summed E-state index contributed by atoms with van der Waals surface area (Å²) >= 11 is 0. The second-order valence-electron chi connectivity index (χ2n) is 8.21. The molecule has 4 rings (SSSR count). The van der Waals surface area contributed by atoms with E-state index in [0.717, 1.165) is 24.5 Å². The van der Waals surface area contributed by atoms with Gasteiger partial charge >= 0.3 is 0 Å². The van der Waals surface area contributed by atoms with Gasteiger partial charge in [-0.25, -0.2) is 9.97 Å². The first-order chi connectivity index (χ1) is 11.8. The van der Waals surface area contributed by atoms with E-state index in [9.17, 15) is 0 Å². The van der Waals surface area contributed by atoms with Gasteiger partial charge in [-0.1, -0.05) is 25.7 Å². The van der Waals surface area contributed by atoms with Gasteiger partial charge in [0.1, 0.15) is 5.82 Å². The number of aromatic nitrogens is 2. The minimum Gasteiger partial charge on any atom is -0.296 e. The number of rotatable bonds is 4. The summed E-state index contributed by atoms with van der Waals surface area (Å²) in [6, 6.07) is 1.56. The molecule has 1 atom stereocenters. The maximum absolute atomic E-state index is 4.69. The van der Waals surface area contributed by atoms with E-state index in [1.54, 1.807) is 0 Å². The Morgan fingerprint density at radius 1 is 0.958 bits per heavy atom. The van der Waals surface area contributed by atoms with E-state index < -0.39 is 0 Å². The number of likely N-dealkylation sites (tertiary alicyclic amines) is 2. The Bertz CT molecular complexity index is 517. The second-order valence-corrected chi connectivity index (χ2v) is 8.21. The zero-order chi connectivity index (χ0) is 16.4. The molecule has 0 bridgehead atoms. The molecule has 0 radical (unpaired) electrons. The van der Waals surface area contributed by atoms with Crippen LogP contribution in [0, 0.1) is 0 Å². The molecule has 1 aromatic heterocycles. The van der Waals surface area contributed by atoms with Crippen LogP contribution >= 0.6 is 0 Å². The fourth-order valence-corrected chi connectivity index (χ4v) is 4.82. The average Bonchev–Trinajstić information content (AvgIpc) is 2.60. The minimum absolute atomic E-state index is 0.613. The number of nitrogens with zero attached hydrogens (tertiary/aromatic N) is 4. The number of piperidine rings is 1. The first-order valence-corrected chi connectivity index (χ1v) is 10.1. The van der Waals surface area contributed by atoms with Gasteiger partial charge in [0.2, 0.25) is 0 Å². The van der Waals surface area contributed by atoms with E-state index >= 15 is 0 Å². The maximum Gasteiger partial charge on any atom is 0.131 e.